The van der Waals surface area contributed by atoms with E-state index in [1.54, 1.807) is 18.2 Å². The first-order valence-electron chi connectivity index (χ1n) is 3.71. The van der Waals surface area contributed by atoms with E-state index in [1.807, 2.05) is 0 Å². The van der Waals surface area contributed by atoms with Crippen LogP contribution in [0.15, 0.2) is 34.6 Å². The Morgan fingerprint density at radius 2 is 2.29 bits per heavy atom. The van der Waals surface area contributed by atoms with E-state index in [4.69, 9.17) is 22.4 Å². The van der Waals surface area contributed by atoms with Gasteiger partial charge in [-0.15, -0.1) is 0 Å². The zero-order valence-electron chi connectivity index (χ0n) is 7.11. The summed E-state index contributed by atoms with van der Waals surface area (Å²) >= 11 is 7.10. The fourth-order valence-corrected chi connectivity index (χ4v) is 1.75. The monoisotopic (exact) mass is 229 g/mol. The fraction of sp³-hybridized carbons (Fsp3) is 0. The van der Waals surface area contributed by atoms with E-state index in [1.165, 1.54) is 17.2 Å². The van der Waals surface area contributed by atoms with Crippen LogP contribution in [0.1, 0.15) is 0 Å². The summed E-state index contributed by atoms with van der Waals surface area (Å²) < 4.78 is 0. The maximum absolute atomic E-state index is 10.2. The van der Waals surface area contributed by atoms with Gasteiger partial charge in [-0.25, -0.2) is 4.79 Å². The van der Waals surface area contributed by atoms with Gasteiger partial charge in [0.2, 0.25) is 0 Å². The molecule has 0 spiro atoms. The van der Waals surface area contributed by atoms with Crippen molar-refractivity contribution in [2.45, 2.75) is 4.90 Å². The topological polar surface area (TPSA) is 63.3 Å². The van der Waals surface area contributed by atoms with Crippen LogP contribution in [0.3, 0.4) is 0 Å². The molecule has 74 valence electrons. The molecule has 3 N–H and O–H groups in total. The second-order valence-electron chi connectivity index (χ2n) is 2.45. The van der Waals surface area contributed by atoms with Crippen LogP contribution in [-0.2, 0) is 4.79 Å². The van der Waals surface area contributed by atoms with Gasteiger partial charge in [0.05, 0.1) is 5.02 Å². The molecule has 0 aliphatic carbocycles. The molecule has 5 heteroatoms. The van der Waals surface area contributed by atoms with Gasteiger partial charge in [0.25, 0.3) is 0 Å². The van der Waals surface area contributed by atoms with E-state index in [0.717, 1.165) is 11.0 Å². The van der Waals surface area contributed by atoms with E-state index in [2.05, 4.69) is 0 Å². The number of carboxylic acid groups (broad SMARTS) is 1. The van der Waals surface area contributed by atoms with Gasteiger partial charge in [-0.05, 0) is 23.6 Å². The van der Waals surface area contributed by atoms with E-state index >= 15 is 0 Å². The van der Waals surface area contributed by atoms with Crippen LogP contribution < -0.4 is 5.73 Å². The van der Waals surface area contributed by atoms with Gasteiger partial charge in [-0.1, -0.05) is 23.4 Å². The van der Waals surface area contributed by atoms with Gasteiger partial charge < -0.3 is 10.8 Å². The largest absolute Gasteiger partial charge is 0.478 e. The second kappa shape index (κ2) is 4.93. The molecule has 3 nitrogen and oxygen atoms in total. The summed E-state index contributed by atoms with van der Waals surface area (Å²) in [5.41, 5.74) is 6.08. The molecule has 0 amide bonds. The number of aliphatic carboxylic acids is 1. The van der Waals surface area contributed by atoms with Crippen molar-refractivity contribution in [1.29, 1.82) is 0 Å². The van der Waals surface area contributed by atoms with Crippen LogP contribution >= 0.6 is 23.4 Å². The molecule has 0 aromatic heterocycles. The number of hydrogen-bond acceptors (Lipinski definition) is 3. The molecule has 0 unspecified atom stereocenters. The maximum Gasteiger partial charge on any atom is 0.328 e. The Balaban J connectivity index is 2.73. The van der Waals surface area contributed by atoms with Crippen molar-refractivity contribution in [3.8, 4) is 0 Å². The van der Waals surface area contributed by atoms with Crippen LogP contribution in [0, 0.1) is 0 Å². The molecule has 0 radical (unpaired) electrons. The average Bonchev–Trinajstić information content (AvgIpc) is 2.08. The standard InChI is InChI=1S/C9H8ClNO2S/c10-7-5-6(11)1-2-8(7)14-4-3-9(12)13/h1-5H,11H2,(H,12,13). The molecule has 0 aliphatic heterocycles. The van der Waals surface area contributed by atoms with Gasteiger partial charge in [0.15, 0.2) is 0 Å². The lowest BCUT2D eigenvalue weighted by Gasteiger charge is -2.00. The summed E-state index contributed by atoms with van der Waals surface area (Å²) in [6, 6.07) is 5.08. The highest BCUT2D eigenvalue weighted by atomic mass is 35.5. The lowest BCUT2D eigenvalue weighted by molar-refractivity contribution is -0.131. The molecule has 0 aliphatic rings. The quantitative estimate of drug-likeness (QED) is 0.475. The zero-order chi connectivity index (χ0) is 10.6. The number of nitrogen functional groups attached to an aromatic ring is 1. The molecule has 0 saturated heterocycles. The first-order valence-corrected chi connectivity index (χ1v) is 4.96. The second-order valence-corrected chi connectivity index (χ2v) is 3.80. The van der Waals surface area contributed by atoms with E-state index in [0.29, 0.717) is 10.7 Å². The van der Waals surface area contributed by atoms with Crippen molar-refractivity contribution in [1.82, 2.24) is 0 Å². The third-order valence-electron chi connectivity index (χ3n) is 1.36. The number of carbonyl (C=O) groups is 1. The molecule has 0 atom stereocenters. The summed E-state index contributed by atoms with van der Waals surface area (Å²) in [6.07, 6.45) is 1.05. The summed E-state index contributed by atoms with van der Waals surface area (Å²) in [4.78, 5) is 11.0. The van der Waals surface area contributed by atoms with Crippen LogP contribution in [0.25, 0.3) is 0 Å². The minimum absolute atomic E-state index is 0.519. The first-order chi connectivity index (χ1) is 6.59. The third kappa shape index (κ3) is 3.32. The molecule has 14 heavy (non-hydrogen) atoms. The SMILES string of the molecule is Nc1ccc(SC=CC(=O)O)c(Cl)c1. The Kier molecular flexibility index (Phi) is 3.85. The van der Waals surface area contributed by atoms with Crippen molar-refractivity contribution in [3.05, 3.63) is 34.7 Å². The number of thioether (sulfide) groups is 1. The number of carboxylic acids is 1. The molecular weight excluding hydrogens is 222 g/mol. The van der Waals surface area contributed by atoms with Crippen molar-refractivity contribution in [3.63, 3.8) is 0 Å². The van der Waals surface area contributed by atoms with E-state index in [9.17, 15) is 4.79 Å². The van der Waals surface area contributed by atoms with Gasteiger partial charge in [-0.2, -0.15) is 0 Å². The smallest absolute Gasteiger partial charge is 0.328 e. The highest BCUT2D eigenvalue weighted by Gasteiger charge is 1.99. The van der Waals surface area contributed by atoms with Crippen molar-refractivity contribution >= 4 is 35.0 Å². The van der Waals surface area contributed by atoms with Gasteiger partial charge >= 0.3 is 5.97 Å². The summed E-state index contributed by atoms with van der Waals surface area (Å²) in [6.45, 7) is 0. The molecular formula is C9H8ClNO2S. The van der Waals surface area contributed by atoms with Gasteiger partial charge in [0, 0.05) is 16.7 Å². The normalized spacial score (nSPS) is 10.6. The van der Waals surface area contributed by atoms with E-state index in [-0.39, 0.29) is 0 Å². The van der Waals surface area contributed by atoms with Crippen molar-refractivity contribution in [2.24, 2.45) is 0 Å². The first kappa shape index (κ1) is 10.9. The predicted molar refractivity (Wildman–Crippen MR) is 58.5 cm³/mol. The Morgan fingerprint density at radius 1 is 1.57 bits per heavy atom. The van der Waals surface area contributed by atoms with Crippen molar-refractivity contribution in [2.75, 3.05) is 5.73 Å². The van der Waals surface area contributed by atoms with Gasteiger partial charge in [0.1, 0.15) is 0 Å². The zero-order valence-corrected chi connectivity index (χ0v) is 8.68. The predicted octanol–water partition coefficient (Wildman–Crippen LogP) is 2.61. The Hall–Kier alpha value is -1.13. The number of rotatable bonds is 3. The highest BCUT2D eigenvalue weighted by molar-refractivity contribution is 8.02. The maximum atomic E-state index is 10.2. The lowest BCUT2D eigenvalue weighted by atomic mass is 10.3. The highest BCUT2D eigenvalue weighted by Crippen LogP contribution is 2.29. The van der Waals surface area contributed by atoms with Crippen LogP contribution in [-0.4, -0.2) is 11.1 Å². The summed E-state index contributed by atoms with van der Waals surface area (Å²) in [7, 11) is 0. The summed E-state index contributed by atoms with van der Waals surface area (Å²) in [5.74, 6) is -0.982. The van der Waals surface area contributed by atoms with Crippen molar-refractivity contribution < 1.29 is 9.90 Å². The number of anilines is 1. The van der Waals surface area contributed by atoms with Crippen LogP contribution in [0.5, 0.6) is 0 Å². The average molecular weight is 230 g/mol. The third-order valence-corrected chi connectivity index (χ3v) is 2.67. The number of halogens is 1. The van der Waals surface area contributed by atoms with Crippen LogP contribution in [0.4, 0.5) is 5.69 Å². The minimum atomic E-state index is -0.982. The lowest BCUT2D eigenvalue weighted by Crippen LogP contribution is -1.85. The summed E-state index contributed by atoms with van der Waals surface area (Å²) in [5, 5.41) is 10.3. The molecule has 0 fully saturated rings. The molecule has 1 aromatic carbocycles. The van der Waals surface area contributed by atoms with Crippen LogP contribution in [0.2, 0.25) is 5.02 Å². The Labute approximate surface area is 90.6 Å². The molecule has 0 bridgehead atoms. The van der Waals surface area contributed by atoms with E-state index < -0.39 is 5.97 Å². The molecule has 0 heterocycles. The number of nitrogens with two attached hydrogens (primary N) is 1. The fourth-order valence-electron chi connectivity index (χ4n) is 0.778. The Bertz CT molecular complexity index is 379. The minimum Gasteiger partial charge on any atom is -0.478 e. The Morgan fingerprint density at radius 3 is 2.86 bits per heavy atom. The van der Waals surface area contributed by atoms with Gasteiger partial charge in [-0.3, -0.25) is 0 Å². The molecule has 0 saturated carbocycles. The molecule has 1 rings (SSSR count). The number of benzene rings is 1. The molecule has 1 aromatic rings. The number of hydrogen-bond donors (Lipinski definition) is 2.